The van der Waals surface area contributed by atoms with E-state index in [9.17, 15) is 9.18 Å². The Bertz CT molecular complexity index is 528. The zero-order valence-electron chi connectivity index (χ0n) is 12.1. The number of carbonyl (C=O) groups is 1. The molecule has 3 rings (SSSR count). The number of Topliss-reactive ketones (excluding diaryl/α,β-unsaturated/α-hetero) is 1. The number of halogens is 1. The maximum Gasteiger partial charge on any atom is 0.170 e. The molecule has 1 fully saturated rings. The maximum absolute atomic E-state index is 13.4. The lowest BCUT2D eigenvalue weighted by Gasteiger charge is -2.43. The van der Waals surface area contributed by atoms with Crippen LogP contribution in [-0.2, 0) is 0 Å². The van der Waals surface area contributed by atoms with E-state index in [0.717, 1.165) is 25.7 Å². The summed E-state index contributed by atoms with van der Waals surface area (Å²) in [7, 11) is 0. The predicted molar refractivity (Wildman–Crippen MR) is 75.5 cm³/mol. The van der Waals surface area contributed by atoms with Gasteiger partial charge in [-0.25, -0.2) is 4.39 Å². The molecule has 0 N–H and O–H groups in total. The Hall–Kier alpha value is -1.38. The molecule has 1 heterocycles. The molecule has 20 heavy (non-hydrogen) atoms. The first-order valence-corrected chi connectivity index (χ1v) is 7.51. The van der Waals surface area contributed by atoms with Crippen molar-refractivity contribution in [1.29, 1.82) is 0 Å². The van der Waals surface area contributed by atoms with Gasteiger partial charge in [-0.15, -0.1) is 0 Å². The molecule has 1 aromatic rings. The average Bonchev–Trinajstić information content (AvgIpc) is 2.38. The summed E-state index contributed by atoms with van der Waals surface area (Å²) in [6.07, 6.45) is 4.43. The largest absolute Gasteiger partial charge is 0.486 e. The molecule has 2 nitrogen and oxygen atoms in total. The first-order valence-electron chi connectivity index (χ1n) is 7.51. The number of ketones is 1. The Labute approximate surface area is 119 Å². The highest BCUT2D eigenvalue weighted by molar-refractivity contribution is 6.00. The summed E-state index contributed by atoms with van der Waals surface area (Å²) in [6.45, 7) is 4.50. The fourth-order valence-corrected chi connectivity index (χ4v) is 3.58. The lowest BCUT2D eigenvalue weighted by molar-refractivity contribution is -0.00340. The third-order valence-corrected chi connectivity index (χ3v) is 4.94. The number of ether oxygens (including phenoxy) is 1. The van der Waals surface area contributed by atoms with Crippen molar-refractivity contribution in [2.75, 3.05) is 0 Å². The Kier molecular flexibility index (Phi) is 3.31. The average molecular weight is 276 g/mol. The highest BCUT2D eigenvalue weighted by Gasteiger charge is 2.43. The lowest BCUT2D eigenvalue weighted by atomic mass is 9.71. The van der Waals surface area contributed by atoms with Gasteiger partial charge in [0.1, 0.15) is 17.2 Å². The zero-order chi connectivity index (χ0) is 14.3. The summed E-state index contributed by atoms with van der Waals surface area (Å²) in [5.41, 5.74) is 0.145. The summed E-state index contributed by atoms with van der Waals surface area (Å²) in [4.78, 5) is 12.3. The van der Waals surface area contributed by atoms with Crippen molar-refractivity contribution in [1.82, 2.24) is 0 Å². The highest BCUT2D eigenvalue weighted by Crippen LogP contribution is 2.44. The Morgan fingerprint density at radius 2 is 2.00 bits per heavy atom. The molecule has 1 spiro atoms. The van der Waals surface area contributed by atoms with Crippen LogP contribution in [0.15, 0.2) is 18.2 Å². The molecule has 0 atom stereocenters. The molecule has 0 bridgehead atoms. The number of rotatable bonds is 1. The smallest absolute Gasteiger partial charge is 0.170 e. The van der Waals surface area contributed by atoms with Crippen molar-refractivity contribution in [2.45, 2.75) is 51.6 Å². The number of carbonyl (C=O) groups excluding carboxylic acids is 1. The van der Waals surface area contributed by atoms with Crippen molar-refractivity contribution < 1.29 is 13.9 Å². The van der Waals surface area contributed by atoms with Crippen LogP contribution in [-0.4, -0.2) is 11.4 Å². The van der Waals surface area contributed by atoms with Gasteiger partial charge in [-0.1, -0.05) is 13.8 Å². The minimum absolute atomic E-state index is 0.0919. The van der Waals surface area contributed by atoms with Crippen LogP contribution in [0.2, 0.25) is 0 Å². The van der Waals surface area contributed by atoms with Crippen molar-refractivity contribution in [3.63, 3.8) is 0 Å². The van der Waals surface area contributed by atoms with E-state index < -0.39 is 0 Å². The molecule has 2 aliphatic rings. The summed E-state index contributed by atoms with van der Waals surface area (Å²) >= 11 is 0. The van der Waals surface area contributed by atoms with Crippen molar-refractivity contribution in [3.05, 3.63) is 29.6 Å². The van der Waals surface area contributed by atoms with Gasteiger partial charge in [-0.3, -0.25) is 4.79 Å². The minimum atomic E-state index is -0.386. The molecule has 1 aliphatic carbocycles. The predicted octanol–water partition coefficient (Wildman–Crippen LogP) is 4.38. The van der Waals surface area contributed by atoms with Crippen molar-refractivity contribution >= 4 is 5.78 Å². The number of hydrogen-bond donors (Lipinski definition) is 0. The number of hydrogen-bond acceptors (Lipinski definition) is 2. The van der Waals surface area contributed by atoms with Gasteiger partial charge in [-0.05, 0) is 49.7 Å². The van der Waals surface area contributed by atoms with E-state index in [0.29, 0.717) is 29.6 Å². The van der Waals surface area contributed by atoms with Gasteiger partial charge in [-0.2, -0.15) is 0 Å². The SMILES string of the molecule is CC(C)C1CCC2(CC1)CC(=O)c1ccc(F)cc1O2. The summed E-state index contributed by atoms with van der Waals surface area (Å²) in [5.74, 6) is 1.58. The third-order valence-electron chi connectivity index (χ3n) is 4.94. The van der Waals surface area contributed by atoms with E-state index in [4.69, 9.17) is 4.74 Å². The van der Waals surface area contributed by atoms with Crippen LogP contribution in [0.3, 0.4) is 0 Å². The second-order valence-corrected chi connectivity index (χ2v) is 6.61. The summed E-state index contributed by atoms with van der Waals surface area (Å²) in [5, 5.41) is 0. The standard InChI is InChI=1S/C17H21FO2/c1-11(2)12-5-7-17(8-6-12)10-15(19)14-4-3-13(18)9-16(14)20-17/h3-4,9,11-12H,5-8,10H2,1-2H3. The minimum Gasteiger partial charge on any atom is -0.486 e. The number of fused-ring (bicyclic) bond motifs is 1. The quantitative estimate of drug-likeness (QED) is 0.761. The molecule has 1 aromatic carbocycles. The van der Waals surface area contributed by atoms with Gasteiger partial charge in [0.05, 0.1) is 12.0 Å². The van der Waals surface area contributed by atoms with Gasteiger partial charge < -0.3 is 4.74 Å². The molecule has 108 valence electrons. The second-order valence-electron chi connectivity index (χ2n) is 6.61. The van der Waals surface area contributed by atoms with Crippen LogP contribution >= 0.6 is 0 Å². The van der Waals surface area contributed by atoms with E-state index in [-0.39, 0.29) is 17.2 Å². The molecule has 1 saturated carbocycles. The van der Waals surface area contributed by atoms with E-state index >= 15 is 0 Å². The Morgan fingerprint density at radius 1 is 1.30 bits per heavy atom. The van der Waals surface area contributed by atoms with Crippen LogP contribution in [0.5, 0.6) is 5.75 Å². The molecule has 0 radical (unpaired) electrons. The van der Waals surface area contributed by atoms with Gasteiger partial charge >= 0.3 is 0 Å². The van der Waals surface area contributed by atoms with Crippen LogP contribution in [0.25, 0.3) is 0 Å². The van der Waals surface area contributed by atoms with Crippen LogP contribution in [0.4, 0.5) is 4.39 Å². The van der Waals surface area contributed by atoms with Crippen molar-refractivity contribution in [3.8, 4) is 5.75 Å². The van der Waals surface area contributed by atoms with E-state index in [1.54, 1.807) is 6.07 Å². The van der Waals surface area contributed by atoms with E-state index in [2.05, 4.69) is 13.8 Å². The first kappa shape index (κ1) is 13.6. The molecule has 0 saturated heterocycles. The Morgan fingerprint density at radius 3 is 2.65 bits per heavy atom. The molecule has 1 aliphatic heterocycles. The van der Waals surface area contributed by atoms with E-state index in [1.165, 1.54) is 12.1 Å². The van der Waals surface area contributed by atoms with Crippen molar-refractivity contribution in [2.24, 2.45) is 11.8 Å². The van der Waals surface area contributed by atoms with Crippen LogP contribution in [0.1, 0.15) is 56.3 Å². The molecule has 0 aromatic heterocycles. The molecular formula is C17H21FO2. The van der Waals surface area contributed by atoms with Gasteiger partial charge in [0, 0.05) is 6.07 Å². The lowest BCUT2D eigenvalue weighted by Crippen LogP contribution is -2.45. The first-order chi connectivity index (χ1) is 9.49. The fourth-order valence-electron chi connectivity index (χ4n) is 3.58. The third kappa shape index (κ3) is 2.34. The second kappa shape index (κ2) is 4.87. The van der Waals surface area contributed by atoms with E-state index in [1.807, 2.05) is 0 Å². The van der Waals surface area contributed by atoms with Gasteiger partial charge in [0.2, 0.25) is 0 Å². The zero-order valence-corrected chi connectivity index (χ0v) is 12.1. The van der Waals surface area contributed by atoms with Crippen LogP contribution in [0, 0.1) is 17.7 Å². The molecule has 3 heteroatoms. The molecular weight excluding hydrogens is 255 g/mol. The highest BCUT2D eigenvalue weighted by atomic mass is 19.1. The monoisotopic (exact) mass is 276 g/mol. The molecule has 0 amide bonds. The summed E-state index contributed by atoms with van der Waals surface area (Å²) < 4.78 is 19.4. The van der Waals surface area contributed by atoms with Gasteiger partial charge in [0.25, 0.3) is 0 Å². The number of benzene rings is 1. The Balaban J connectivity index is 1.83. The fraction of sp³-hybridized carbons (Fsp3) is 0.588. The normalized spacial score (nSPS) is 29.4. The van der Waals surface area contributed by atoms with Gasteiger partial charge in [0.15, 0.2) is 5.78 Å². The maximum atomic E-state index is 13.4. The van der Waals surface area contributed by atoms with Crippen LogP contribution < -0.4 is 4.74 Å². The molecule has 0 unspecified atom stereocenters. The summed E-state index contributed by atoms with van der Waals surface area (Å²) in [6, 6.07) is 4.22. The topological polar surface area (TPSA) is 26.3 Å².